The van der Waals surface area contributed by atoms with E-state index >= 15 is 0 Å². The number of hydrogen-bond donors (Lipinski definition) is 0. The predicted molar refractivity (Wildman–Crippen MR) is 68.3 cm³/mol. The monoisotopic (exact) mass is 229 g/mol. The minimum absolute atomic E-state index is 0.145. The van der Waals surface area contributed by atoms with E-state index in [4.69, 9.17) is 0 Å². The minimum Gasteiger partial charge on any atom is -0.198 e. The van der Waals surface area contributed by atoms with Gasteiger partial charge < -0.3 is 0 Å². The molecule has 5 rings (SSSR count). The van der Waals surface area contributed by atoms with Crippen LogP contribution in [0, 0.1) is 16.7 Å². The molecule has 0 N–H and O–H groups in total. The zero-order valence-corrected chi connectivity index (χ0v) is 9.80. The summed E-state index contributed by atoms with van der Waals surface area (Å²) in [5.74, 6) is 1.24. The molecule has 0 spiro atoms. The lowest BCUT2D eigenvalue weighted by molar-refractivity contribution is 0.603. The van der Waals surface area contributed by atoms with E-state index in [1.807, 2.05) is 0 Å². The molecule has 3 aliphatic rings. The molecule has 0 amide bonds. The molecule has 0 aliphatic heterocycles. The predicted octanol–water partition coefficient (Wildman–Crippen LogP) is 3.54. The number of nitrogens with zero attached hydrogens (tertiary/aromatic N) is 1. The van der Waals surface area contributed by atoms with Gasteiger partial charge in [0, 0.05) is 17.8 Å². The molecule has 1 heteroatoms. The van der Waals surface area contributed by atoms with Crippen molar-refractivity contribution in [1.29, 1.82) is 5.26 Å². The van der Waals surface area contributed by atoms with Gasteiger partial charge in [0.2, 0.25) is 0 Å². The van der Waals surface area contributed by atoms with Crippen LogP contribution in [0.1, 0.15) is 40.0 Å². The molecule has 0 bridgehead atoms. The Bertz CT molecular complexity index is 684. The van der Waals surface area contributed by atoms with E-state index in [-0.39, 0.29) is 5.41 Å². The zero-order chi connectivity index (χ0) is 11.9. The Morgan fingerprint density at radius 1 is 0.778 bits per heavy atom. The van der Waals surface area contributed by atoms with E-state index in [0.717, 1.165) is 0 Å². The Labute approximate surface area is 106 Å². The third-order valence-corrected chi connectivity index (χ3v) is 5.21. The number of benzene rings is 2. The first kappa shape index (κ1) is 8.94. The van der Waals surface area contributed by atoms with Gasteiger partial charge in [0.25, 0.3) is 0 Å². The number of fused-ring (bicyclic) bond motifs is 7. The molecule has 2 aromatic carbocycles. The van der Waals surface area contributed by atoms with Crippen LogP contribution in [0.15, 0.2) is 48.5 Å². The quantitative estimate of drug-likeness (QED) is 0.678. The number of hydrogen-bond acceptors (Lipinski definition) is 1. The Balaban J connectivity index is 1.90. The normalized spacial score (nSPS) is 36.5. The first-order valence-corrected chi connectivity index (χ1v) is 6.48. The first-order chi connectivity index (χ1) is 8.89. The zero-order valence-electron chi connectivity index (χ0n) is 9.80. The molecule has 0 heterocycles. The van der Waals surface area contributed by atoms with Gasteiger partial charge in [-0.3, -0.25) is 0 Å². The van der Waals surface area contributed by atoms with Gasteiger partial charge in [0.05, 0.1) is 11.5 Å². The van der Waals surface area contributed by atoms with Crippen LogP contribution in [0.3, 0.4) is 0 Å². The summed E-state index contributed by atoms with van der Waals surface area (Å²) in [6.45, 7) is 0. The average Bonchev–Trinajstić information content (AvgIpc) is 2.93. The van der Waals surface area contributed by atoms with E-state index in [2.05, 4.69) is 54.6 Å². The second kappa shape index (κ2) is 2.52. The van der Waals surface area contributed by atoms with E-state index in [9.17, 15) is 5.26 Å². The molecule has 84 valence electrons. The van der Waals surface area contributed by atoms with E-state index in [0.29, 0.717) is 17.8 Å². The molecular weight excluding hydrogens is 218 g/mol. The van der Waals surface area contributed by atoms with Crippen molar-refractivity contribution in [3.05, 3.63) is 70.8 Å². The summed E-state index contributed by atoms with van der Waals surface area (Å²) in [5.41, 5.74) is 5.49. The lowest BCUT2D eigenvalue weighted by Gasteiger charge is -2.15. The molecule has 2 aromatic rings. The Morgan fingerprint density at radius 3 is 1.67 bits per heavy atom. The van der Waals surface area contributed by atoms with Crippen molar-refractivity contribution >= 4 is 0 Å². The molecule has 0 radical (unpaired) electrons. The van der Waals surface area contributed by atoms with E-state index in [1.54, 1.807) is 0 Å². The highest BCUT2D eigenvalue weighted by molar-refractivity contribution is 5.70. The third-order valence-electron chi connectivity index (χ3n) is 5.21. The smallest absolute Gasteiger partial charge is 0.0832 e. The van der Waals surface area contributed by atoms with Crippen molar-refractivity contribution in [1.82, 2.24) is 0 Å². The second-order valence-corrected chi connectivity index (χ2v) is 5.69. The highest BCUT2D eigenvalue weighted by atomic mass is 14.8. The maximum absolute atomic E-state index is 9.74. The van der Waals surface area contributed by atoms with Crippen molar-refractivity contribution in [2.75, 3.05) is 0 Å². The van der Waals surface area contributed by atoms with Crippen LogP contribution in [-0.4, -0.2) is 0 Å². The van der Waals surface area contributed by atoms with E-state index < -0.39 is 0 Å². The molecule has 3 aliphatic carbocycles. The summed E-state index contributed by atoms with van der Waals surface area (Å²) in [6.07, 6.45) is 0. The highest BCUT2D eigenvalue weighted by Gasteiger charge is 2.78. The van der Waals surface area contributed by atoms with Crippen LogP contribution < -0.4 is 0 Å². The van der Waals surface area contributed by atoms with Crippen molar-refractivity contribution in [2.24, 2.45) is 5.41 Å². The van der Waals surface area contributed by atoms with Crippen molar-refractivity contribution in [3.63, 3.8) is 0 Å². The molecule has 1 nitrogen and oxygen atoms in total. The van der Waals surface area contributed by atoms with Crippen molar-refractivity contribution in [3.8, 4) is 6.07 Å². The summed E-state index contributed by atoms with van der Waals surface area (Å²) in [6, 6.07) is 20.0. The SMILES string of the molecule is N#CC12C3c4ccccc4C1C2c1ccccc13. The van der Waals surface area contributed by atoms with Gasteiger partial charge in [-0.05, 0) is 22.3 Å². The van der Waals surface area contributed by atoms with Crippen LogP contribution >= 0.6 is 0 Å². The first-order valence-electron chi connectivity index (χ1n) is 6.48. The Hall–Kier alpha value is -2.07. The van der Waals surface area contributed by atoms with Crippen molar-refractivity contribution < 1.29 is 0 Å². The van der Waals surface area contributed by atoms with Gasteiger partial charge in [-0.2, -0.15) is 5.26 Å². The fourth-order valence-corrected chi connectivity index (χ4v) is 4.64. The standard InChI is InChI=1S/C17H11N/c18-9-17-14-10-5-1-3-7-12(10)15(17)16(17)13-8-4-2-6-11(13)14/h1-8,14-16H. The molecule has 2 unspecified atom stereocenters. The van der Waals surface area contributed by atoms with Crippen LogP contribution in [0.4, 0.5) is 0 Å². The van der Waals surface area contributed by atoms with Gasteiger partial charge in [-0.15, -0.1) is 0 Å². The lowest BCUT2D eigenvalue weighted by atomic mass is 9.86. The van der Waals surface area contributed by atoms with Gasteiger partial charge in [-0.25, -0.2) is 0 Å². The van der Waals surface area contributed by atoms with Crippen LogP contribution in [0.2, 0.25) is 0 Å². The molecule has 0 saturated heterocycles. The van der Waals surface area contributed by atoms with Gasteiger partial charge in [0.15, 0.2) is 0 Å². The lowest BCUT2D eigenvalue weighted by Crippen LogP contribution is -2.07. The maximum atomic E-state index is 9.74. The molecule has 0 aromatic heterocycles. The summed E-state index contributed by atoms with van der Waals surface area (Å²) in [7, 11) is 0. The molecule has 2 atom stereocenters. The minimum atomic E-state index is -0.145. The summed E-state index contributed by atoms with van der Waals surface area (Å²) < 4.78 is 0. The topological polar surface area (TPSA) is 23.8 Å². The fourth-order valence-electron chi connectivity index (χ4n) is 4.64. The molecule has 18 heavy (non-hydrogen) atoms. The van der Waals surface area contributed by atoms with Crippen molar-refractivity contribution in [2.45, 2.75) is 17.8 Å². The summed E-state index contributed by atoms with van der Waals surface area (Å²) >= 11 is 0. The largest absolute Gasteiger partial charge is 0.198 e. The molecular formula is C17H11N. The van der Waals surface area contributed by atoms with Crippen LogP contribution in [0.25, 0.3) is 0 Å². The fraction of sp³-hybridized carbons (Fsp3) is 0.235. The van der Waals surface area contributed by atoms with Crippen LogP contribution in [-0.2, 0) is 0 Å². The number of nitriles is 1. The second-order valence-electron chi connectivity index (χ2n) is 5.69. The third kappa shape index (κ3) is 0.671. The van der Waals surface area contributed by atoms with Gasteiger partial charge in [-0.1, -0.05) is 48.5 Å². The van der Waals surface area contributed by atoms with Gasteiger partial charge >= 0.3 is 0 Å². The number of rotatable bonds is 0. The van der Waals surface area contributed by atoms with Crippen LogP contribution in [0.5, 0.6) is 0 Å². The summed E-state index contributed by atoms with van der Waals surface area (Å²) in [4.78, 5) is 0. The Morgan fingerprint density at radius 2 is 1.22 bits per heavy atom. The van der Waals surface area contributed by atoms with E-state index in [1.165, 1.54) is 22.3 Å². The maximum Gasteiger partial charge on any atom is 0.0832 e. The molecule has 1 fully saturated rings. The average molecular weight is 229 g/mol. The molecule has 1 saturated carbocycles. The van der Waals surface area contributed by atoms with Gasteiger partial charge in [0.1, 0.15) is 0 Å². The Kier molecular flexibility index (Phi) is 1.25. The summed E-state index contributed by atoms with van der Waals surface area (Å²) in [5, 5.41) is 9.74. The highest BCUT2D eigenvalue weighted by Crippen LogP contribution is 2.85.